The molecular weight excluding hydrogens is 172 g/mol. The molecule has 2 aliphatic rings. The Morgan fingerprint density at radius 3 is 2.57 bits per heavy atom. The first-order chi connectivity index (χ1) is 6.77. The van der Waals surface area contributed by atoms with Crippen LogP contribution in [0.25, 0.3) is 0 Å². The summed E-state index contributed by atoms with van der Waals surface area (Å²) in [7, 11) is 0. The SMILES string of the molecule is CC1CCC(C(O)C2=CCCC2)CC1. The first-order valence-corrected chi connectivity index (χ1v) is 6.14. The van der Waals surface area contributed by atoms with Gasteiger partial charge in [-0.1, -0.05) is 25.8 Å². The molecule has 2 aliphatic carbocycles. The van der Waals surface area contributed by atoms with Gasteiger partial charge < -0.3 is 5.11 Å². The fraction of sp³-hybridized carbons (Fsp3) is 0.846. The number of rotatable bonds is 2. The molecule has 0 heterocycles. The molecule has 0 aromatic rings. The Hall–Kier alpha value is -0.300. The van der Waals surface area contributed by atoms with Crippen molar-refractivity contribution in [3.8, 4) is 0 Å². The molecule has 1 saturated carbocycles. The van der Waals surface area contributed by atoms with Crippen molar-refractivity contribution in [1.29, 1.82) is 0 Å². The van der Waals surface area contributed by atoms with Crippen LogP contribution in [0.15, 0.2) is 11.6 Å². The standard InChI is InChI=1S/C13H22O/c1-10-6-8-12(9-7-10)13(14)11-4-2-3-5-11/h4,10,12-14H,2-3,5-9H2,1H3. The van der Waals surface area contributed by atoms with E-state index in [0.717, 1.165) is 12.3 Å². The Morgan fingerprint density at radius 2 is 2.00 bits per heavy atom. The second-order valence-electron chi connectivity index (χ2n) is 5.14. The van der Waals surface area contributed by atoms with Crippen molar-refractivity contribution < 1.29 is 5.11 Å². The highest BCUT2D eigenvalue weighted by Gasteiger charge is 2.27. The van der Waals surface area contributed by atoms with E-state index in [1.54, 1.807) is 0 Å². The monoisotopic (exact) mass is 194 g/mol. The number of hydrogen-bond acceptors (Lipinski definition) is 1. The minimum absolute atomic E-state index is 0.106. The maximum atomic E-state index is 10.2. The van der Waals surface area contributed by atoms with Crippen LogP contribution >= 0.6 is 0 Å². The van der Waals surface area contributed by atoms with Crippen LogP contribution in [0.3, 0.4) is 0 Å². The summed E-state index contributed by atoms with van der Waals surface area (Å²) in [6.07, 6.45) is 10.9. The molecule has 0 amide bonds. The maximum Gasteiger partial charge on any atom is 0.0778 e. The summed E-state index contributed by atoms with van der Waals surface area (Å²) >= 11 is 0. The molecule has 1 heteroatoms. The smallest absolute Gasteiger partial charge is 0.0778 e. The Labute approximate surface area is 87.2 Å². The zero-order valence-electron chi connectivity index (χ0n) is 9.21. The fourth-order valence-electron chi connectivity index (χ4n) is 2.87. The highest BCUT2D eigenvalue weighted by molar-refractivity contribution is 5.14. The fourth-order valence-corrected chi connectivity index (χ4v) is 2.87. The van der Waals surface area contributed by atoms with Crippen molar-refractivity contribution in [3.05, 3.63) is 11.6 Å². The predicted octanol–water partition coefficient (Wildman–Crippen LogP) is 3.28. The second-order valence-corrected chi connectivity index (χ2v) is 5.14. The summed E-state index contributed by atoms with van der Waals surface area (Å²) in [5.74, 6) is 1.45. The van der Waals surface area contributed by atoms with Crippen LogP contribution < -0.4 is 0 Å². The third-order valence-electron chi connectivity index (χ3n) is 3.96. The molecule has 0 spiro atoms. The van der Waals surface area contributed by atoms with Crippen LogP contribution in [0.5, 0.6) is 0 Å². The van der Waals surface area contributed by atoms with Gasteiger partial charge >= 0.3 is 0 Å². The molecule has 0 aromatic heterocycles. The molecule has 0 aromatic carbocycles. The predicted molar refractivity (Wildman–Crippen MR) is 59.1 cm³/mol. The average Bonchev–Trinajstić information content (AvgIpc) is 2.71. The van der Waals surface area contributed by atoms with E-state index in [4.69, 9.17) is 0 Å². The Bertz CT molecular complexity index is 211. The van der Waals surface area contributed by atoms with Gasteiger partial charge in [-0.3, -0.25) is 0 Å². The number of aliphatic hydroxyl groups excluding tert-OH is 1. The molecule has 0 radical (unpaired) electrons. The molecule has 0 bridgehead atoms. The third-order valence-corrected chi connectivity index (χ3v) is 3.96. The van der Waals surface area contributed by atoms with Crippen molar-refractivity contribution in [1.82, 2.24) is 0 Å². The molecule has 0 saturated heterocycles. The maximum absolute atomic E-state index is 10.2. The summed E-state index contributed by atoms with van der Waals surface area (Å²) in [6.45, 7) is 2.33. The minimum Gasteiger partial charge on any atom is -0.388 e. The summed E-state index contributed by atoms with van der Waals surface area (Å²) in [5.41, 5.74) is 1.34. The van der Waals surface area contributed by atoms with Gasteiger partial charge in [0.15, 0.2) is 0 Å². The molecule has 1 fully saturated rings. The van der Waals surface area contributed by atoms with Gasteiger partial charge in [-0.2, -0.15) is 0 Å². The Balaban J connectivity index is 1.88. The minimum atomic E-state index is -0.106. The van der Waals surface area contributed by atoms with E-state index in [0.29, 0.717) is 5.92 Å². The summed E-state index contributed by atoms with van der Waals surface area (Å²) in [4.78, 5) is 0. The zero-order valence-corrected chi connectivity index (χ0v) is 9.21. The summed E-state index contributed by atoms with van der Waals surface area (Å²) < 4.78 is 0. The van der Waals surface area contributed by atoms with Crippen LogP contribution in [-0.4, -0.2) is 11.2 Å². The molecule has 1 atom stereocenters. The summed E-state index contributed by atoms with van der Waals surface area (Å²) in [5, 5.41) is 10.2. The first-order valence-electron chi connectivity index (χ1n) is 6.14. The van der Waals surface area contributed by atoms with Crippen LogP contribution in [0.1, 0.15) is 51.9 Å². The molecule has 14 heavy (non-hydrogen) atoms. The Kier molecular flexibility index (Phi) is 3.27. The number of hydrogen-bond donors (Lipinski definition) is 1. The van der Waals surface area contributed by atoms with Gasteiger partial charge in [0, 0.05) is 0 Å². The second kappa shape index (κ2) is 4.48. The molecule has 1 N–H and O–H groups in total. The van der Waals surface area contributed by atoms with Crippen LogP contribution in [0, 0.1) is 11.8 Å². The van der Waals surface area contributed by atoms with Crippen LogP contribution in [0.2, 0.25) is 0 Å². The van der Waals surface area contributed by atoms with Crippen LogP contribution in [0.4, 0.5) is 0 Å². The number of allylic oxidation sites excluding steroid dienone is 1. The molecule has 2 rings (SSSR count). The zero-order chi connectivity index (χ0) is 9.97. The third kappa shape index (κ3) is 2.20. The average molecular weight is 194 g/mol. The lowest BCUT2D eigenvalue weighted by Gasteiger charge is -2.30. The van der Waals surface area contributed by atoms with E-state index < -0.39 is 0 Å². The molecule has 1 unspecified atom stereocenters. The van der Waals surface area contributed by atoms with Gasteiger partial charge in [0.1, 0.15) is 0 Å². The van der Waals surface area contributed by atoms with Gasteiger partial charge in [0.05, 0.1) is 6.10 Å². The van der Waals surface area contributed by atoms with Crippen LogP contribution in [-0.2, 0) is 0 Å². The van der Waals surface area contributed by atoms with Crippen molar-refractivity contribution in [2.24, 2.45) is 11.8 Å². The molecule has 0 aliphatic heterocycles. The largest absolute Gasteiger partial charge is 0.388 e. The van der Waals surface area contributed by atoms with Crippen molar-refractivity contribution >= 4 is 0 Å². The van der Waals surface area contributed by atoms with Gasteiger partial charge in [-0.15, -0.1) is 0 Å². The van der Waals surface area contributed by atoms with Gasteiger partial charge in [-0.25, -0.2) is 0 Å². The van der Waals surface area contributed by atoms with E-state index in [9.17, 15) is 5.11 Å². The Morgan fingerprint density at radius 1 is 1.29 bits per heavy atom. The van der Waals surface area contributed by atoms with E-state index in [1.165, 1.54) is 44.1 Å². The van der Waals surface area contributed by atoms with Crippen molar-refractivity contribution in [2.45, 2.75) is 58.0 Å². The number of aliphatic hydroxyl groups is 1. The molecule has 80 valence electrons. The van der Waals surface area contributed by atoms with E-state index in [1.807, 2.05) is 0 Å². The quantitative estimate of drug-likeness (QED) is 0.669. The lowest BCUT2D eigenvalue weighted by molar-refractivity contribution is 0.102. The van der Waals surface area contributed by atoms with E-state index in [2.05, 4.69) is 13.0 Å². The van der Waals surface area contributed by atoms with E-state index >= 15 is 0 Å². The first kappa shape index (κ1) is 10.2. The van der Waals surface area contributed by atoms with Crippen molar-refractivity contribution in [3.63, 3.8) is 0 Å². The lowest BCUT2D eigenvalue weighted by Crippen LogP contribution is -2.26. The van der Waals surface area contributed by atoms with E-state index in [-0.39, 0.29) is 6.10 Å². The molecular formula is C13H22O. The topological polar surface area (TPSA) is 20.2 Å². The van der Waals surface area contributed by atoms with Crippen molar-refractivity contribution in [2.75, 3.05) is 0 Å². The highest BCUT2D eigenvalue weighted by Crippen LogP contribution is 2.35. The highest BCUT2D eigenvalue weighted by atomic mass is 16.3. The van der Waals surface area contributed by atoms with Gasteiger partial charge in [0.25, 0.3) is 0 Å². The molecule has 1 nitrogen and oxygen atoms in total. The lowest BCUT2D eigenvalue weighted by atomic mass is 9.78. The summed E-state index contributed by atoms with van der Waals surface area (Å²) in [6, 6.07) is 0. The van der Waals surface area contributed by atoms with Gasteiger partial charge in [-0.05, 0) is 49.5 Å². The van der Waals surface area contributed by atoms with Gasteiger partial charge in [0.2, 0.25) is 0 Å². The normalized spacial score (nSPS) is 35.4.